The zero-order valence-electron chi connectivity index (χ0n) is 14.2. The molecule has 9 nitrogen and oxygen atoms in total. The van der Waals surface area contributed by atoms with Gasteiger partial charge in [-0.3, -0.25) is 15.7 Å². The average Bonchev–Trinajstić information content (AvgIpc) is 3.06. The molecule has 1 aromatic carbocycles. The molecule has 0 saturated carbocycles. The first-order chi connectivity index (χ1) is 12.4. The minimum absolute atomic E-state index is 0.0350. The molecule has 1 aromatic heterocycles. The number of aryl methyl sites for hydroxylation is 1. The van der Waals surface area contributed by atoms with Crippen LogP contribution in [-0.2, 0) is 0 Å². The van der Waals surface area contributed by atoms with Gasteiger partial charge in [-0.2, -0.15) is 0 Å². The van der Waals surface area contributed by atoms with Crippen LogP contribution in [0.25, 0.3) is 0 Å². The van der Waals surface area contributed by atoms with Gasteiger partial charge in [-0.25, -0.2) is 13.8 Å². The molecule has 11 heteroatoms. The number of hydrogen-bond donors (Lipinski definition) is 4. The number of aromatic nitrogens is 2. The van der Waals surface area contributed by atoms with Gasteiger partial charge in [-0.15, -0.1) is 0 Å². The Morgan fingerprint density at radius 3 is 2.96 bits per heavy atom. The Labute approximate surface area is 153 Å². The van der Waals surface area contributed by atoms with Crippen LogP contribution in [-0.4, -0.2) is 39.7 Å². The number of carbonyl (C=O) groups is 1. The van der Waals surface area contributed by atoms with Gasteiger partial charge < -0.3 is 11.1 Å². The van der Waals surface area contributed by atoms with Gasteiger partial charge in [0.2, 0.25) is 0 Å². The SMILES string of the molecule is Cc1ccc(F)cc1C(C)N=C(NO)c1nonc1SCCNC(N)=O. The first-order valence-corrected chi connectivity index (χ1v) is 8.64. The first kappa shape index (κ1) is 19.7. The zero-order chi connectivity index (χ0) is 19.1. The molecule has 1 heterocycles. The van der Waals surface area contributed by atoms with Gasteiger partial charge >= 0.3 is 6.03 Å². The van der Waals surface area contributed by atoms with Crippen LogP contribution in [0.2, 0.25) is 0 Å². The van der Waals surface area contributed by atoms with Gasteiger partial charge in [0.1, 0.15) is 5.82 Å². The van der Waals surface area contributed by atoms with Gasteiger partial charge in [0.05, 0.1) is 6.04 Å². The number of carbonyl (C=O) groups excluding carboxylic acids is 1. The Balaban J connectivity index is 2.17. The number of hydroxylamine groups is 1. The van der Waals surface area contributed by atoms with Gasteiger partial charge in [-0.1, -0.05) is 17.8 Å². The van der Waals surface area contributed by atoms with E-state index in [4.69, 9.17) is 10.4 Å². The second-order valence-corrected chi connectivity index (χ2v) is 6.41. The highest BCUT2D eigenvalue weighted by Gasteiger charge is 2.19. The highest BCUT2D eigenvalue weighted by molar-refractivity contribution is 7.99. The Morgan fingerprint density at radius 2 is 2.27 bits per heavy atom. The Kier molecular flexibility index (Phi) is 6.92. The fraction of sp³-hybridized carbons (Fsp3) is 0.333. The lowest BCUT2D eigenvalue weighted by molar-refractivity contribution is 0.233. The molecular formula is C15H19FN6O3S. The molecule has 0 aliphatic rings. The molecule has 0 aliphatic carbocycles. The van der Waals surface area contributed by atoms with E-state index in [0.717, 1.165) is 5.56 Å². The third-order valence-electron chi connectivity index (χ3n) is 3.44. The fourth-order valence-corrected chi connectivity index (χ4v) is 2.96. The number of urea groups is 1. The van der Waals surface area contributed by atoms with Crippen molar-refractivity contribution in [1.29, 1.82) is 0 Å². The van der Waals surface area contributed by atoms with Crippen molar-refractivity contribution >= 4 is 23.6 Å². The number of thioether (sulfide) groups is 1. The van der Waals surface area contributed by atoms with E-state index in [1.807, 2.05) is 12.4 Å². The first-order valence-electron chi connectivity index (χ1n) is 7.65. The number of amides is 2. The third kappa shape index (κ3) is 5.17. The molecule has 0 fully saturated rings. The van der Waals surface area contributed by atoms with Gasteiger partial charge in [-0.05, 0) is 47.4 Å². The number of nitrogens with zero attached hydrogens (tertiary/aromatic N) is 3. The molecule has 0 saturated heterocycles. The monoisotopic (exact) mass is 382 g/mol. The third-order valence-corrected chi connectivity index (χ3v) is 4.39. The summed E-state index contributed by atoms with van der Waals surface area (Å²) in [6, 6.07) is 3.35. The van der Waals surface area contributed by atoms with Crippen LogP contribution in [0.1, 0.15) is 29.8 Å². The standard InChI is InChI=1S/C15H19FN6O3S/c1-8-3-4-10(16)7-11(8)9(2)19-13(20-24)12-14(22-25-21-12)26-6-5-18-15(17)23/h3-4,7,9,24H,5-6H2,1-2H3,(H,19,20)(H3,17,18,23). The van der Waals surface area contributed by atoms with Crippen molar-refractivity contribution in [2.45, 2.75) is 24.9 Å². The summed E-state index contributed by atoms with van der Waals surface area (Å²) < 4.78 is 18.2. The predicted molar refractivity (Wildman–Crippen MR) is 93.6 cm³/mol. The van der Waals surface area contributed by atoms with Crippen molar-refractivity contribution in [3.8, 4) is 0 Å². The van der Waals surface area contributed by atoms with E-state index in [1.165, 1.54) is 23.9 Å². The Bertz CT molecular complexity index is 797. The minimum atomic E-state index is -0.623. The lowest BCUT2D eigenvalue weighted by Gasteiger charge is -2.12. The summed E-state index contributed by atoms with van der Waals surface area (Å²) in [4.78, 5) is 15.0. The van der Waals surface area contributed by atoms with Crippen molar-refractivity contribution in [3.05, 3.63) is 40.8 Å². The fourth-order valence-electron chi connectivity index (χ4n) is 2.21. The number of primary amides is 1. The minimum Gasteiger partial charge on any atom is -0.352 e. The maximum absolute atomic E-state index is 13.5. The Morgan fingerprint density at radius 1 is 1.50 bits per heavy atom. The molecule has 2 amide bonds. The summed E-state index contributed by atoms with van der Waals surface area (Å²) >= 11 is 1.24. The number of hydrogen-bond acceptors (Lipinski definition) is 7. The molecule has 0 radical (unpaired) electrons. The van der Waals surface area contributed by atoms with Crippen molar-refractivity contribution < 1.29 is 19.0 Å². The number of nitrogens with one attached hydrogen (secondary N) is 2. The Hall–Kier alpha value is -2.66. The summed E-state index contributed by atoms with van der Waals surface area (Å²) in [5.41, 5.74) is 8.72. The van der Waals surface area contributed by atoms with E-state index in [1.54, 1.807) is 13.0 Å². The number of aliphatic imine (C=N–C) groups is 1. The lowest BCUT2D eigenvalue weighted by atomic mass is 10.0. The molecule has 26 heavy (non-hydrogen) atoms. The van der Waals surface area contributed by atoms with Gasteiger partial charge in [0.15, 0.2) is 16.6 Å². The number of halogens is 1. The summed E-state index contributed by atoms with van der Waals surface area (Å²) in [6.07, 6.45) is 0. The van der Waals surface area contributed by atoms with E-state index in [9.17, 15) is 14.4 Å². The van der Waals surface area contributed by atoms with Crippen LogP contribution < -0.4 is 16.5 Å². The molecular weight excluding hydrogens is 363 g/mol. The smallest absolute Gasteiger partial charge is 0.312 e. The van der Waals surface area contributed by atoms with Crippen LogP contribution in [0.15, 0.2) is 32.8 Å². The molecule has 1 atom stereocenters. The van der Waals surface area contributed by atoms with Crippen LogP contribution in [0, 0.1) is 12.7 Å². The molecule has 0 bridgehead atoms. The van der Waals surface area contributed by atoms with Crippen LogP contribution in [0.4, 0.5) is 9.18 Å². The highest BCUT2D eigenvalue weighted by Crippen LogP contribution is 2.24. The molecule has 0 spiro atoms. The lowest BCUT2D eigenvalue weighted by Crippen LogP contribution is -2.31. The normalized spacial score (nSPS) is 12.7. The van der Waals surface area contributed by atoms with E-state index in [0.29, 0.717) is 22.9 Å². The number of amidine groups is 1. The van der Waals surface area contributed by atoms with E-state index in [2.05, 4.69) is 20.6 Å². The largest absolute Gasteiger partial charge is 0.352 e. The topological polar surface area (TPSA) is 139 Å². The zero-order valence-corrected chi connectivity index (χ0v) is 15.0. The maximum atomic E-state index is 13.5. The molecule has 140 valence electrons. The summed E-state index contributed by atoms with van der Waals surface area (Å²) in [6.45, 7) is 3.93. The molecule has 2 aromatic rings. The van der Waals surface area contributed by atoms with Crippen molar-refractivity contribution in [2.24, 2.45) is 10.7 Å². The average molecular weight is 382 g/mol. The highest BCUT2D eigenvalue weighted by atomic mass is 32.2. The van der Waals surface area contributed by atoms with Gasteiger partial charge in [0.25, 0.3) is 0 Å². The molecule has 2 rings (SSSR count). The van der Waals surface area contributed by atoms with Crippen LogP contribution in [0.5, 0.6) is 0 Å². The van der Waals surface area contributed by atoms with E-state index < -0.39 is 12.1 Å². The predicted octanol–water partition coefficient (Wildman–Crippen LogP) is 1.76. The number of nitrogens with two attached hydrogens (primary N) is 1. The molecule has 0 aliphatic heterocycles. The summed E-state index contributed by atoms with van der Waals surface area (Å²) in [7, 11) is 0. The van der Waals surface area contributed by atoms with Crippen molar-refractivity contribution in [3.63, 3.8) is 0 Å². The molecule has 5 N–H and O–H groups in total. The summed E-state index contributed by atoms with van der Waals surface area (Å²) in [5.74, 6) is 0.127. The van der Waals surface area contributed by atoms with Crippen LogP contribution >= 0.6 is 11.8 Å². The number of rotatable bonds is 7. The second-order valence-electron chi connectivity index (χ2n) is 5.32. The van der Waals surface area contributed by atoms with Crippen molar-refractivity contribution in [2.75, 3.05) is 12.3 Å². The number of benzene rings is 1. The maximum Gasteiger partial charge on any atom is 0.312 e. The quantitative estimate of drug-likeness (QED) is 0.188. The van der Waals surface area contributed by atoms with E-state index >= 15 is 0 Å². The summed E-state index contributed by atoms with van der Waals surface area (Å²) in [5, 5.41) is 19.8. The van der Waals surface area contributed by atoms with E-state index in [-0.39, 0.29) is 17.3 Å². The van der Waals surface area contributed by atoms with Crippen LogP contribution in [0.3, 0.4) is 0 Å². The molecule has 1 unspecified atom stereocenters. The van der Waals surface area contributed by atoms with Gasteiger partial charge in [0, 0.05) is 12.3 Å². The van der Waals surface area contributed by atoms with Crippen molar-refractivity contribution in [1.82, 2.24) is 21.1 Å². The second kappa shape index (κ2) is 9.15.